The third-order valence-corrected chi connectivity index (χ3v) is 6.86. The summed E-state index contributed by atoms with van der Waals surface area (Å²) in [4.78, 5) is 12.8. The average Bonchev–Trinajstić information content (AvgIpc) is 3.15. The van der Waals surface area contributed by atoms with Crippen LogP contribution in [-0.4, -0.2) is 40.4 Å². The molecule has 1 saturated heterocycles. The number of nitrogens with one attached hydrogen (secondary N) is 1. The van der Waals surface area contributed by atoms with E-state index in [1.807, 2.05) is 0 Å². The molecule has 0 aromatic heterocycles. The highest BCUT2D eigenvalue weighted by atomic mass is 35.5. The molecule has 1 fully saturated rings. The summed E-state index contributed by atoms with van der Waals surface area (Å²) >= 11 is 12.0. The maximum absolute atomic E-state index is 12.8. The van der Waals surface area contributed by atoms with Crippen molar-refractivity contribution < 1.29 is 22.7 Å². The van der Waals surface area contributed by atoms with E-state index in [4.69, 9.17) is 32.7 Å². The predicted molar refractivity (Wildman–Crippen MR) is 108 cm³/mol. The van der Waals surface area contributed by atoms with Gasteiger partial charge in [0.1, 0.15) is 5.75 Å². The van der Waals surface area contributed by atoms with Gasteiger partial charge in [-0.2, -0.15) is 0 Å². The Balaban J connectivity index is 1.88. The summed E-state index contributed by atoms with van der Waals surface area (Å²) in [5, 5.41) is 3.36. The first-order valence-electron chi connectivity index (χ1n) is 8.55. The Bertz CT molecular complexity index is 988. The third-order valence-electron chi connectivity index (χ3n) is 4.43. The van der Waals surface area contributed by atoms with E-state index in [-0.39, 0.29) is 32.9 Å². The molecule has 0 aliphatic carbocycles. The molecule has 28 heavy (non-hydrogen) atoms. The minimum atomic E-state index is -3.57. The number of halogens is 2. The average molecular weight is 444 g/mol. The third kappa shape index (κ3) is 4.78. The fraction of sp³-hybridized carbons (Fsp3) is 0.316. The molecule has 1 heterocycles. The molecule has 1 amide bonds. The molecule has 0 spiro atoms. The number of carbonyl (C=O) groups excluding carboxylic acids is 1. The number of sulfone groups is 1. The number of methoxy groups -OCH3 is 1. The number of carbonyl (C=O) groups is 1. The van der Waals surface area contributed by atoms with Gasteiger partial charge in [0.15, 0.2) is 9.84 Å². The quantitative estimate of drug-likeness (QED) is 0.727. The van der Waals surface area contributed by atoms with Crippen molar-refractivity contribution in [2.45, 2.75) is 11.3 Å². The standard InChI is InChI=1S/C19H19Cl2NO5S/c1-26-18-5-3-14(28(24,25)11-12-6-7-27-10-12)9-15(18)19(23)22-17-4-2-13(20)8-16(17)21/h2-5,8-9,12H,6-7,10-11H2,1H3,(H,22,23)/t12-/m0/s1. The zero-order chi connectivity index (χ0) is 20.3. The summed E-state index contributed by atoms with van der Waals surface area (Å²) in [5.74, 6) is -0.353. The second-order valence-electron chi connectivity index (χ2n) is 6.45. The number of hydrogen-bond donors (Lipinski definition) is 1. The first-order chi connectivity index (χ1) is 13.3. The van der Waals surface area contributed by atoms with Crippen LogP contribution in [0.15, 0.2) is 41.3 Å². The summed E-state index contributed by atoms with van der Waals surface area (Å²) in [7, 11) is -2.16. The van der Waals surface area contributed by atoms with Crippen molar-refractivity contribution in [1.82, 2.24) is 0 Å². The fourth-order valence-electron chi connectivity index (χ4n) is 2.96. The van der Waals surface area contributed by atoms with Crippen LogP contribution in [0.25, 0.3) is 0 Å². The lowest BCUT2D eigenvalue weighted by Crippen LogP contribution is -2.18. The topological polar surface area (TPSA) is 81.7 Å². The van der Waals surface area contributed by atoms with Crippen LogP contribution in [0.1, 0.15) is 16.8 Å². The molecule has 3 rings (SSSR count). The molecule has 2 aromatic carbocycles. The van der Waals surface area contributed by atoms with Crippen molar-refractivity contribution in [3.63, 3.8) is 0 Å². The van der Waals surface area contributed by atoms with Gasteiger partial charge in [0.25, 0.3) is 5.91 Å². The molecule has 0 unspecified atom stereocenters. The SMILES string of the molecule is COc1ccc(S(=O)(=O)C[C@H]2CCOC2)cc1C(=O)Nc1ccc(Cl)cc1Cl. The van der Waals surface area contributed by atoms with Gasteiger partial charge in [-0.25, -0.2) is 8.42 Å². The molecule has 1 aliphatic rings. The van der Waals surface area contributed by atoms with E-state index >= 15 is 0 Å². The monoisotopic (exact) mass is 443 g/mol. The van der Waals surface area contributed by atoms with E-state index in [2.05, 4.69) is 5.32 Å². The molecule has 150 valence electrons. The van der Waals surface area contributed by atoms with Crippen LogP contribution in [0.3, 0.4) is 0 Å². The second-order valence-corrected chi connectivity index (χ2v) is 9.33. The number of benzene rings is 2. The Morgan fingerprint density at radius 3 is 2.68 bits per heavy atom. The van der Waals surface area contributed by atoms with Crippen molar-refractivity contribution >= 4 is 44.6 Å². The molecule has 1 N–H and O–H groups in total. The van der Waals surface area contributed by atoms with E-state index in [0.29, 0.717) is 30.3 Å². The highest BCUT2D eigenvalue weighted by Gasteiger charge is 2.26. The molecule has 1 aliphatic heterocycles. The van der Waals surface area contributed by atoms with Crippen LogP contribution in [0, 0.1) is 5.92 Å². The number of amides is 1. The zero-order valence-corrected chi connectivity index (χ0v) is 17.4. The van der Waals surface area contributed by atoms with Crippen molar-refractivity contribution in [3.8, 4) is 5.75 Å². The first-order valence-corrected chi connectivity index (χ1v) is 11.0. The van der Waals surface area contributed by atoms with Gasteiger partial charge in [-0.3, -0.25) is 4.79 Å². The summed E-state index contributed by atoms with van der Waals surface area (Å²) in [5.41, 5.74) is 0.451. The van der Waals surface area contributed by atoms with E-state index in [1.165, 1.54) is 31.4 Å². The van der Waals surface area contributed by atoms with Gasteiger partial charge in [0.05, 0.1) is 40.6 Å². The van der Waals surface area contributed by atoms with Gasteiger partial charge in [-0.05, 0) is 48.7 Å². The normalized spacial score (nSPS) is 16.8. The van der Waals surface area contributed by atoms with Gasteiger partial charge in [-0.1, -0.05) is 23.2 Å². The van der Waals surface area contributed by atoms with E-state index < -0.39 is 15.7 Å². The largest absolute Gasteiger partial charge is 0.496 e. The van der Waals surface area contributed by atoms with Crippen LogP contribution in [0.5, 0.6) is 5.75 Å². The van der Waals surface area contributed by atoms with Crippen LogP contribution in [0.4, 0.5) is 5.69 Å². The zero-order valence-electron chi connectivity index (χ0n) is 15.1. The smallest absolute Gasteiger partial charge is 0.259 e. The number of ether oxygens (including phenoxy) is 2. The van der Waals surface area contributed by atoms with Crippen molar-refractivity contribution in [3.05, 3.63) is 52.0 Å². The van der Waals surface area contributed by atoms with Crippen LogP contribution >= 0.6 is 23.2 Å². The molecular formula is C19H19Cl2NO5S. The Kier molecular flexibility index (Phi) is 6.50. The van der Waals surface area contributed by atoms with E-state index in [9.17, 15) is 13.2 Å². The minimum absolute atomic E-state index is 0.0244. The Morgan fingerprint density at radius 1 is 1.25 bits per heavy atom. The molecule has 9 heteroatoms. The molecular weight excluding hydrogens is 425 g/mol. The number of hydrogen-bond acceptors (Lipinski definition) is 5. The van der Waals surface area contributed by atoms with Gasteiger partial charge in [0.2, 0.25) is 0 Å². The van der Waals surface area contributed by atoms with Gasteiger partial charge in [-0.15, -0.1) is 0 Å². The Hall–Kier alpha value is -1.80. The summed E-state index contributed by atoms with van der Waals surface area (Å²) in [6.07, 6.45) is 0.706. The van der Waals surface area contributed by atoms with Gasteiger partial charge < -0.3 is 14.8 Å². The minimum Gasteiger partial charge on any atom is -0.496 e. The van der Waals surface area contributed by atoms with E-state index in [0.717, 1.165) is 0 Å². The number of rotatable bonds is 6. The second kappa shape index (κ2) is 8.69. The lowest BCUT2D eigenvalue weighted by atomic mass is 10.1. The van der Waals surface area contributed by atoms with E-state index in [1.54, 1.807) is 12.1 Å². The molecule has 2 aromatic rings. The summed E-state index contributed by atoms with van der Waals surface area (Å²) in [6.45, 7) is 0.996. The molecule has 0 bridgehead atoms. The molecule has 1 atom stereocenters. The lowest BCUT2D eigenvalue weighted by molar-refractivity contribution is 0.102. The van der Waals surface area contributed by atoms with Crippen molar-refractivity contribution in [2.75, 3.05) is 31.4 Å². The predicted octanol–water partition coefficient (Wildman–Crippen LogP) is 4.06. The van der Waals surface area contributed by atoms with Crippen molar-refractivity contribution in [1.29, 1.82) is 0 Å². The van der Waals surface area contributed by atoms with Gasteiger partial charge >= 0.3 is 0 Å². The first kappa shape index (κ1) is 20.9. The molecule has 0 radical (unpaired) electrons. The Morgan fingerprint density at radius 2 is 2.04 bits per heavy atom. The van der Waals surface area contributed by atoms with Crippen LogP contribution < -0.4 is 10.1 Å². The maximum atomic E-state index is 12.8. The molecule has 0 saturated carbocycles. The highest BCUT2D eigenvalue weighted by Crippen LogP contribution is 2.29. The maximum Gasteiger partial charge on any atom is 0.259 e. The van der Waals surface area contributed by atoms with Gasteiger partial charge in [0, 0.05) is 11.6 Å². The molecule has 6 nitrogen and oxygen atoms in total. The Labute approximate surface area is 173 Å². The summed E-state index contributed by atoms with van der Waals surface area (Å²) in [6, 6.07) is 8.89. The van der Waals surface area contributed by atoms with Crippen molar-refractivity contribution in [2.24, 2.45) is 5.92 Å². The lowest BCUT2D eigenvalue weighted by Gasteiger charge is -2.14. The summed E-state index contributed by atoms with van der Waals surface area (Å²) < 4.78 is 36.0. The fourth-order valence-corrected chi connectivity index (χ4v) is 5.06. The van der Waals surface area contributed by atoms with Crippen LogP contribution in [0.2, 0.25) is 10.0 Å². The highest BCUT2D eigenvalue weighted by molar-refractivity contribution is 7.91. The number of anilines is 1. The van der Waals surface area contributed by atoms with Crippen LogP contribution in [-0.2, 0) is 14.6 Å².